The summed E-state index contributed by atoms with van der Waals surface area (Å²) >= 11 is 0. The van der Waals surface area contributed by atoms with Gasteiger partial charge >= 0.3 is 0 Å². The van der Waals surface area contributed by atoms with Crippen LogP contribution in [0, 0.1) is 13.8 Å². The normalized spacial score (nSPS) is 13.9. The Morgan fingerprint density at radius 1 is 1.12 bits per heavy atom. The quantitative estimate of drug-likeness (QED) is 0.523. The van der Waals surface area contributed by atoms with Crippen LogP contribution in [0.5, 0.6) is 5.75 Å². The Hall–Kier alpha value is -3.87. The van der Waals surface area contributed by atoms with Crippen molar-refractivity contribution in [3.63, 3.8) is 0 Å². The van der Waals surface area contributed by atoms with Gasteiger partial charge in [-0.25, -0.2) is 5.43 Å². The number of hydrogen-bond acceptors (Lipinski definition) is 5. The van der Waals surface area contributed by atoms with E-state index in [9.17, 15) is 9.59 Å². The van der Waals surface area contributed by atoms with Crippen molar-refractivity contribution in [3.05, 3.63) is 82.3 Å². The lowest BCUT2D eigenvalue weighted by molar-refractivity contribution is 0.0947. The third-order valence-corrected chi connectivity index (χ3v) is 6.04. The first-order chi connectivity index (χ1) is 16.4. The molecule has 1 aliphatic carbocycles. The van der Waals surface area contributed by atoms with Gasteiger partial charge in [0.25, 0.3) is 11.8 Å². The summed E-state index contributed by atoms with van der Waals surface area (Å²) in [6, 6.07) is 14.8. The lowest BCUT2D eigenvalue weighted by Gasteiger charge is -2.20. The van der Waals surface area contributed by atoms with E-state index in [0.717, 1.165) is 41.0 Å². The van der Waals surface area contributed by atoms with E-state index in [4.69, 9.17) is 9.15 Å². The number of benzene rings is 2. The van der Waals surface area contributed by atoms with Crippen molar-refractivity contribution in [1.29, 1.82) is 0 Å². The van der Waals surface area contributed by atoms with Crippen LogP contribution in [0.25, 0.3) is 0 Å². The number of nitrogens with zero attached hydrogens (tertiary/aromatic N) is 2. The standard InChI is InChI=1S/C27H29N3O4/c1-5-30(19-11-8-10-17(2)16-19)27(32)25-18(3)24-21(13-9-15-23(24)34-25)28-29-26(31)20-12-6-7-14-22(20)33-4/h6-8,10-12,14,16H,5,9,13,15H2,1-4H3,(H,29,31)/b28-21+. The number of para-hydroxylation sites is 1. The van der Waals surface area contributed by atoms with Gasteiger partial charge in [-0.05, 0) is 63.4 Å². The lowest BCUT2D eigenvalue weighted by Crippen LogP contribution is -2.31. The molecule has 0 fully saturated rings. The minimum absolute atomic E-state index is 0.183. The van der Waals surface area contributed by atoms with Gasteiger partial charge in [0.05, 0.1) is 18.4 Å². The van der Waals surface area contributed by atoms with Gasteiger partial charge in [0, 0.05) is 29.8 Å². The first kappa shape index (κ1) is 23.3. The van der Waals surface area contributed by atoms with Crippen LogP contribution in [0.3, 0.4) is 0 Å². The highest BCUT2D eigenvalue weighted by molar-refractivity contribution is 6.10. The summed E-state index contributed by atoms with van der Waals surface area (Å²) in [6.45, 7) is 6.34. The molecule has 0 saturated carbocycles. The zero-order chi connectivity index (χ0) is 24.2. The summed E-state index contributed by atoms with van der Waals surface area (Å²) in [4.78, 5) is 27.9. The summed E-state index contributed by atoms with van der Waals surface area (Å²) < 4.78 is 11.4. The van der Waals surface area contributed by atoms with Gasteiger partial charge in [-0.15, -0.1) is 0 Å². The van der Waals surface area contributed by atoms with Crippen LogP contribution < -0.4 is 15.1 Å². The van der Waals surface area contributed by atoms with Gasteiger partial charge < -0.3 is 14.1 Å². The Balaban J connectivity index is 1.63. The number of amides is 2. The molecule has 0 spiro atoms. The summed E-state index contributed by atoms with van der Waals surface area (Å²) in [5.41, 5.74) is 7.24. The van der Waals surface area contributed by atoms with E-state index >= 15 is 0 Å². The van der Waals surface area contributed by atoms with Crippen LogP contribution in [0.1, 0.15) is 63.1 Å². The second-order valence-electron chi connectivity index (χ2n) is 8.30. The zero-order valence-corrected chi connectivity index (χ0v) is 20.0. The molecule has 176 valence electrons. The first-order valence-corrected chi connectivity index (χ1v) is 11.5. The predicted molar refractivity (Wildman–Crippen MR) is 132 cm³/mol. The number of ether oxygens (including phenoxy) is 1. The van der Waals surface area contributed by atoms with Crippen molar-refractivity contribution in [2.45, 2.75) is 40.0 Å². The molecule has 0 radical (unpaired) electrons. The molecule has 0 atom stereocenters. The maximum Gasteiger partial charge on any atom is 0.294 e. The average Bonchev–Trinajstić information content (AvgIpc) is 3.20. The molecule has 1 N–H and O–H groups in total. The Morgan fingerprint density at radius 2 is 1.91 bits per heavy atom. The SMILES string of the molecule is CCN(C(=O)c1oc2c(c1C)/C(=N/NC(=O)c1ccccc1OC)CCC2)c1cccc(C)c1. The lowest BCUT2D eigenvalue weighted by atomic mass is 9.93. The molecule has 2 aromatic carbocycles. The van der Waals surface area contributed by atoms with Gasteiger partial charge in [-0.2, -0.15) is 5.10 Å². The van der Waals surface area contributed by atoms with Crippen LogP contribution >= 0.6 is 0 Å². The maximum absolute atomic E-state index is 13.5. The van der Waals surface area contributed by atoms with Crippen LogP contribution in [0.15, 0.2) is 58.0 Å². The number of fused-ring (bicyclic) bond motifs is 1. The summed E-state index contributed by atoms with van der Waals surface area (Å²) in [5.74, 6) is 0.993. The highest BCUT2D eigenvalue weighted by Gasteiger charge is 2.30. The van der Waals surface area contributed by atoms with Crippen molar-refractivity contribution in [2.75, 3.05) is 18.6 Å². The van der Waals surface area contributed by atoms with Crippen LogP contribution in [-0.2, 0) is 6.42 Å². The van der Waals surface area contributed by atoms with E-state index in [-0.39, 0.29) is 11.8 Å². The molecule has 1 aromatic heterocycles. The minimum Gasteiger partial charge on any atom is -0.496 e. The molecule has 0 saturated heterocycles. The molecule has 0 unspecified atom stereocenters. The van der Waals surface area contributed by atoms with Crippen LogP contribution in [0.4, 0.5) is 5.69 Å². The van der Waals surface area contributed by atoms with Gasteiger partial charge in [0.1, 0.15) is 11.5 Å². The number of carbonyl (C=O) groups is 2. The Labute approximate surface area is 199 Å². The molecule has 2 amide bonds. The zero-order valence-electron chi connectivity index (χ0n) is 20.0. The number of furan rings is 1. The second-order valence-corrected chi connectivity index (χ2v) is 8.30. The molecule has 4 rings (SSSR count). The Bertz CT molecular complexity index is 1260. The monoisotopic (exact) mass is 459 g/mol. The van der Waals surface area contributed by atoms with Crippen LogP contribution in [0.2, 0.25) is 0 Å². The second kappa shape index (κ2) is 9.95. The molecule has 0 aliphatic heterocycles. The smallest absolute Gasteiger partial charge is 0.294 e. The molecule has 1 heterocycles. The van der Waals surface area contributed by atoms with Gasteiger partial charge in [-0.1, -0.05) is 24.3 Å². The molecule has 7 nitrogen and oxygen atoms in total. The molecule has 0 bridgehead atoms. The van der Waals surface area contributed by atoms with E-state index in [1.807, 2.05) is 45.0 Å². The Morgan fingerprint density at radius 3 is 2.65 bits per heavy atom. The number of hydrazone groups is 1. The average molecular weight is 460 g/mol. The number of aryl methyl sites for hydroxylation is 2. The van der Waals surface area contributed by atoms with Crippen molar-refractivity contribution in [1.82, 2.24) is 5.43 Å². The van der Waals surface area contributed by atoms with Crippen molar-refractivity contribution in [3.8, 4) is 5.75 Å². The number of anilines is 1. The minimum atomic E-state index is -0.355. The third-order valence-electron chi connectivity index (χ3n) is 6.04. The Kier molecular flexibility index (Phi) is 6.82. The summed E-state index contributed by atoms with van der Waals surface area (Å²) in [5, 5.41) is 4.42. The molecular weight excluding hydrogens is 430 g/mol. The van der Waals surface area contributed by atoms with E-state index in [2.05, 4.69) is 10.5 Å². The molecule has 34 heavy (non-hydrogen) atoms. The molecular formula is C27H29N3O4. The fourth-order valence-corrected chi connectivity index (χ4v) is 4.36. The number of carbonyl (C=O) groups excluding carboxylic acids is 2. The van der Waals surface area contributed by atoms with Gasteiger partial charge in [0.2, 0.25) is 0 Å². The topological polar surface area (TPSA) is 84.1 Å². The first-order valence-electron chi connectivity index (χ1n) is 11.5. The van der Waals surface area contributed by atoms with E-state index < -0.39 is 0 Å². The number of methoxy groups -OCH3 is 1. The maximum atomic E-state index is 13.5. The fourth-order valence-electron chi connectivity index (χ4n) is 4.36. The number of rotatable bonds is 6. The van der Waals surface area contributed by atoms with Crippen molar-refractivity contribution < 1.29 is 18.7 Å². The highest BCUT2D eigenvalue weighted by atomic mass is 16.5. The van der Waals surface area contributed by atoms with Gasteiger partial charge in [-0.3, -0.25) is 9.59 Å². The third kappa shape index (κ3) is 4.46. The molecule has 3 aromatic rings. The van der Waals surface area contributed by atoms with Crippen LogP contribution in [-0.4, -0.2) is 31.2 Å². The summed E-state index contributed by atoms with van der Waals surface area (Å²) in [7, 11) is 1.52. The van der Waals surface area contributed by atoms with E-state index in [1.165, 1.54) is 7.11 Å². The van der Waals surface area contributed by atoms with Crippen molar-refractivity contribution >= 4 is 23.2 Å². The predicted octanol–water partition coefficient (Wildman–Crippen LogP) is 5.04. The summed E-state index contributed by atoms with van der Waals surface area (Å²) in [6.07, 6.45) is 2.23. The molecule has 1 aliphatic rings. The number of hydrogen-bond donors (Lipinski definition) is 1. The van der Waals surface area contributed by atoms with Gasteiger partial charge in [0.15, 0.2) is 5.76 Å². The number of nitrogens with one attached hydrogen (secondary N) is 1. The largest absolute Gasteiger partial charge is 0.496 e. The van der Waals surface area contributed by atoms with E-state index in [0.29, 0.717) is 35.8 Å². The molecule has 7 heteroatoms. The van der Waals surface area contributed by atoms with Crippen molar-refractivity contribution in [2.24, 2.45) is 5.10 Å². The fraction of sp³-hybridized carbons (Fsp3) is 0.296. The highest BCUT2D eigenvalue weighted by Crippen LogP contribution is 2.31. The van der Waals surface area contributed by atoms with E-state index in [1.54, 1.807) is 29.2 Å².